The Morgan fingerprint density at radius 2 is 2.05 bits per heavy atom. The Hall–Kier alpha value is -1.20. The highest BCUT2D eigenvalue weighted by Gasteiger charge is 2.18. The highest BCUT2D eigenvalue weighted by Crippen LogP contribution is 2.25. The first-order chi connectivity index (χ1) is 10.1. The Bertz CT molecular complexity index is 439. The van der Waals surface area contributed by atoms with E-state index in [0.717, 1.165) is 25.7 Å². The Morgan fingerprint density at radius 1 is 1.33 bits per heavy atom. The number of ether oxygens (including phenoxy) is 2. The molecule has 0 bridgehead atoms. The Morgan fingerprint density at radius 3 is 2.62 bits per heavy atom. The first-order valence-corrected chi connectivity index (χ1v) is 7.58. The molecule has 1 saturated heterocycles. The van der Waals surface area contributed by atoms with Crippen LogP contribution in [0.1, 0.15) is 38.2 Å². The lowest BCUT2D eigenvalue weighted by molar-refractivity contribution is -0.0124. The van der Waals surface area contributed by atoms with Crippen molar-refractivity contribution in [2.75, 3.05) is 13.2 Å². The van der Waals surface area contributed by atoms with E-state index in [2.05, 4.69) is 0 Å². The lowest BCUT2D eigenvalue weighted by atomic mass is 10.0. The minimum absolute atomic E-state index is 0.0780. The van der Waals surface area contributed by atoms with Crippen LogP contribution >= 0.6 is 0 Å². The molecule has 1 aromatic carbocycles. The lowest BCUT2D eigenvalue weighted by Crippen LogP contribution is -2.26. The number of nitrogens with two attached hydrogens (primary N) is 1. The standard InChI is InChI=1S/C16H23F2NO2/c1-2-12(19)7-11-8-14(17)16(15(18)9-11)21-10-13-5-3-4-6-20-13/h8-9,12-13H,2-7,10,19H2,1H3. The summed E-state index contributed by atoms with van der Waals surface area (Å²) in [6.07, 6.45) is 4.10. The second-order valence-electron chi connectivity index (χ2n) is 5.56. The average Bonchev–Trinajstić information content (AvgIpc) is 2.47. The number of hydrogen-bond donors (Lipinski definition) is 1. The van der Waals surface area contributed by atoms with Gasteiger partial charge >= 0.3 is 0 Å². The topological polar surface area (TPSA) is 44.5 Å². The van der Waals surface area contributed by atoms with Crippen LogP contribution in [0.3, 0.4) is 0 Å². The number of halogens is 2. The Labute approximate surface area is 124 Å². The van der Waals surface area contributed by atoms with Gasteiger partial charge in [0.25, 0.3) is 0 Å². The molecule has 1 heterocycles. The van der Waals surface area contributed by atoms with Crippen LogP contribution in [0, 0.1) is 11.6 Å². The molecule has 5 heteroatoms. The van der Waals surface area contributed by atoms with E-state index in [0.29, 0.717) is 18.6 Å². The van der Waals surface area contributed by atoms with Crippen molar-refractivity contribution in [2.24, 2.45) is 5.73 Å². The van der Waals surface area contributed by atoms with Crippen LogP contribution in [0.15, 0.2) is 12.1 Å². The van der Waals surface area contributed by atoms with Crippen molar-refractivity contribution in [3.63, 3.8) is 0 Å². The molecule has 1 aliphatic rings. The summed E-state index contributed by atoms with van der Waals surface area (Å²) < 4.78 is 38.7. The maximum atomic E-state index is 14.0. The van der Waals surface area contributed by atoms with Gasteiger partial charge in [0.2, 0.25) is 0 Å². The molecule has 0 spiro atoms. The van der Waals surface area contributed by atoms with E-state index in [1.54, 1.807) is 0 Å². The van der Waals surface area contributed by atoms with Crippen LogP contribution in [-0.4, -0.2) is 25.4 Å². The predicted molar refractivity (Wildman–Crippen MR) is 77.4 cm³/mol. The highest BCUT2D eigenvalue weighted by molar-refractivity contribution is 5.31. The maximum Gasteiger partial charge on any atom is 0.190 e. The smallest absolute Gasteiger partial charge is 0.190 e. The largest absolute Gasteiger partial charge is 0.485 e. The van der Waals surface area contributed by atoms with Gasteiger partial charge in [0, 0.05) is 12.6 Å². The molecule has 0 saturated carbocycles. The molecule has 21 heavy (non-hydrogen) atoms. The molecule has 0 radical (unpaired) electrons. The van der Waals surface area contributed by atoms with E-state index >= 15 is 0 Å². The van der Waals surface area contributed by atoms with Gasteiger partial charge in [-0.3, -0.25) is 0 Å². The fourth-order valence-corrected chi connectivity index (χ4v) is 2.43. The first kappa shape index (κ1) is 16.2. The van der Waals surface area contributed by atoms with Crippen LogP contribution in [0.5, 0.6) is 5.75 Å². The van der Waals surface area contributed by atoms with Gasteiger partial charge in [-0.1, -0.05) is 6.92 Å². The van der Waals surface area contributed by atoms with Gasteiger partial charge in [0.05, 0.1) is 6.10 Å². The second kappa shape index (κ2) is 7.71. The summed E-state index contributed by atoms with van der Waals surface area (Å²) in [7, 11) is 0. The summed E-state index contributed by atoms with van der Waals surface area (Å²) in [5.41, 5.74) is 6.36. The third-order valence-corrected chi connectivity index (χ3v) is 3.77. The van der Waals surface area contributed by atoms with Crippen LogP contribution in [0.2, 0.25) is 0 Å². The van der Waals surface area contributed by atoms with Crippen molar-refractivity contribution in [3.8, 4) is 5.75 Å². The quantitative estimate of drug-likeness (QED) is 0.877. The van der Waals surface area contributed by atoms with Gasteiger partial charge in [-0.2, -0.15) is 0 Å². The lowest BCUT2D eigenvalue weighted by Gasteiger charge is -2.23. The number of hydrogen-bond acceptors (Lipinski definition) is 3. The maximum absolute atomic E-state index is 14.0. The molecule has 2 rings (SSSR count). The minimum atomic E-state index is -0.677. The molecule has 1 fully saturated rings. The fraction of sp³-hybridized carbons (Fsp3) is 0.625. The highest BCUT2D eigenvalue weighted by atomic mass is 19.1. The van der Waals surface area contributed by atoms with Crippen LogP contribution < -0.4 is 10.5 Å². The number of benzene rings is 1. The van der Waals surface area contributed by atoms with E-state index in [9.17, 15) is 8.78 Å². The molecular formula is C16H23F2NO2. The van der Waals surface area contributed by atoms with Crippen LogP contribution in [0.4, 0.5) is 8.78 Å². The SMILES string of the molecule is CCC(N)Cc1cc(F)c(OCC2CCCCO2)c(F)c1. The first-order valence-electron chi connectivity index (χ1n) is 7.58. The molecule has 2 N–H and O–H groups in total. The van der Waals surface area contributed by atoms with E-state index in [-0.39, 0.29) is 24.5 Å². The minimum Gasteiger partial charge on any atom is -0.485 e. The monoisotopic (exact) mass is 299 g/mol. The van der Waals surface area contributed by atoms with Crippen molar-refractivity contribution in [1.82, 2.24) is 0 Å². The average molecular weight is 299 g/mol. The van der Waals surface area contributed by atoms with Gasteiger partial charge in [-0.05, 0) is 49.8 Å². The summed E-state index contributed by atoms with van der Waals surface area (Å²) in [5, 5.41) is 0. The third-order valence-electron chi connectivity index (χ3n) is 3.77. The molecule has 2 atom stereocenters. The molecule has 0 amide bonds. The van der Waals surface area contributed by atoms with E-state index in [1.165, 1.54) is 12.1 Å². The van der Waals surface area contributed by atoms with Crippen molar-refractivity contribution < 1.29 is 18.3 Å². The van der Waals surface area contributed by atoms with Gasteiger partial charge in [-0.15, -0.1) is 0 Å². The van der Waals surface area contributed by atoms with E-state index in [1.807, 2.05) is 6.92 Å². The zero-order chi connectivity index (χ0) is 15.2. The van der Waals surface area contributed by atoms with Crippen LogP contribution in [0.25, 0.3) is 0 Å². The zero-order valence-electron chi connectivity index (χ0n) is 12.4. The molecule has 1 aliphatic heterocycles. The predicted octanol–water partition coefficient (Wildman–Crippen LogP) is 3.19. The molecule has 118 valence electrons. The van der Waals surface area contributed by atoms with Crippen molar-refractivity contribution >= 4 is 0 Å². The second-order valence-corrected chi connectivity index (χ2v) is 5.56. The Balaban J connectivity index is 1.99. The van der Waals surface area contributed by atoms with Crippen molar-refractivity contribution in [3.05, 3.63) is 29.3 Å². The normalized spacial score (nSPS) is 20.3. The molecule has 0 aliphatic carbocycles. The third kappa shape index (κ3) is 4.64. The molecule has 0 aromatic heterocycles. The summed E-state index contributed by atoms with van der Waals surface area (Å²) in [6, 6.07) is 2.51. The van der Waals surface area contributed by atoms with Gasteiger partial charge in [-0.25, -0.2) is 8.78 Å². The fourth-order valence-electron chi connectivity index (χ4n) is 2.43. The Kier molecular flexibility index (Phi) is 5.94. The van der Waals surface area contributed by atoms with E-state index in [4.69, 9.17) is 15.2 Å². The van der Waals surface area contributed by atoms with E-state index < -0.39 is 11.6 Å². The van der Waals surface area contributed by atoms with Crippen molar-refractivity contribution in [2.45, 2.75) is 51.2 Å². The molecular weight excluding hydrogens is 276 g/mol. The van der Waals surface area contributed by atoms with Gasteiger partial charge < -0.3 is 15.2 Å². The summed E-state index contributed by atoms with van der Waals surface area (Å²) in [5.74, 6) is -1.67. The zero-order valence-corrected chi connectivity index (χ0v) is 12.4. The molecule has 1 aromatic rings. The molecule has 3 nitrogen and oxygen atoms in total. The van der Waals surface area contributed by atoms with Crippen LogP contribution in [-0.2, 0) is 11.2 Å². The number of rotatable bonds is 6. The van der Waals surface area contributed by atoms with Crippen molar-refractivity contribution in [1.29, 1.82) is 0 Å². The summed E-state index contributed by atoms with van der Waals surface area (Å²) >= 11 is 0. The summed E-state index contributed by atoms with van der Waals surface area (Å²) in [6.45, 7) is 2.81. The van der Waals surface area contributed by atoms with Gasteiger partial charge in [0.1, 0.15) is 6.61 Å². The molecule has 2 unspecified atom stereocenters. The van der Waals surface area contributed by atoms with Gasteiger partial charge in [0.15, 0.2) is 17.4 Å². The summed E-state index contributed by atoms with van der Waals surface area (Å²) in [4.78, 5) is 0.